The number of anilines is 2. The summed E-state index contributed by atoms with van der Waals surface area (Å²) < 4.78 is 0. The van der Waals surface area contributed by atoms with Crippen LogP contribution in [0.15, 0.2) is 18.2 Å². The summed E-state index contributed by atoms with van der Waals surface area (Å²) in [6, 6.07) is 7.15. The maximum Gasteiger partial charge on any atom is 0.239 e. The van der Waals surface area contributed by atoms with Gasteiger partial charge < -0.3 is 16.0 Å². The molecule has 1 rings (SSSR count). The van der Waals surface area contributed by atoms with Crippen molar-refractivity contribution in [3.8, 4) is 6.07 Å². The quantitative estimate of drug-likeness (QED) is 0.749. The van der Waals surface area contributed by atoms with Crippen molar-refractivity contribution >= 4 is 17.3 Å². The SMILES string of the molecule is CCNC(=O)CN(C)c1ccc(N)c(C#N)c1. The maximum atomic E-state index is 11.4. The topological polar surface area (TPSA) is 82.2 Å². The van der Waals surface area contributed by atoms with Gasteiger partial charge in [-0.2, -0.15) is 5.26 Å². The molecule has 1 aromatic rings. The number of amides is 1. The molecule has 0 spiro atoms. The van der Waals surface area contributed by atoms with Crippen LogP contribution < -0.4 is 16.0 Å². The number of benzene rings is 1. The molecule has 1 amide bonds. The molecule has 0 atom stereocenters. The second kappa shape index (κ2) is 5.75. The molecule has 0 bridgehead atoms. The summed E-state index contributed by atoms with van der Waals surface area (Å²) >= 11 is 0. The number of nitrogens with two attached hydrogens (primary N) is 1. The van der Waals surface area contributed by atoms with Crippen LogP contribution in [0.5, 0.6) is 0 Å². The van der Waals surface area contributed by atoms with Gasteiger partial charge in [-0.15, -0.1) is 0 Å². The largest absolute Gasteiger partial charge is 0.398 e. The lowest BCUT2D eigenvalue weighted by atomic mass is 10.1. The fourth-order valence-corrected chi connectivity index (χ4v) is 1.44. The van der Waals surface area contributed by atoms with Crippen LogP contribution in [0.1, 0.15) is 12.5 Å². The predicted molar refractivity (Wildman–Crippen MR) is 67.5 cm³/mol. The van der Waals surface area contributed by atoms with E-state index in [4.69, 9.17) is 11.0 Å². The van der Waals surface area contributed by atoms with Crippen LogP contribution in [0.4, 0.5) is 11.4 Å². The number of hydrogen-bond acceptors (Lipinski definition) is 4. The highest BCUT2D eigenvalue weighted by molar-refractivity contribution is 5.81. The van der Waals surface area contributed by atoms with E-state index in [0.717, 1.165) is 5.69 Å². The van der Waals surface area contributed by atoms with Gasteiger partial charge in [-0.05, 0) is 25.1 Å². The summed E-state index contributed by atoms with van der Waals surface area (Å²) in [5, 5.41) is 11.6. The minimum atomic E-state index is -0.0506. The molecule has 90 valence electrons. The minimum Gasteiger partial charge on any atom is -0.398 e. The molecule has 5 heteroatoms. The van der Waals surface area contributed by atoms with E-state index in [-0.39, 0.29) is 12.5 Å². The summed E-state index contributed by atoms with van der Waals surface area (Å²) in [5.74, 6) is -0.0506. The zero-order valence-electron chi connectivity index (χ0n) is 10.0. The van der Waals surface area contributed by atoms with Crippen LogP contribution in [-0.2, 0) is 4.79 Å². The summed E-state index contributed by atoms with van der Waals surface area (Å²) in [5.41, 5.74) is 7.29. The van der Waals surface area contributed by atoms with Crippen LogP contribution in [0.3, 0.4) is 0 Å². The van der Waals surface area contributed by atoms with Crippen molar-refractivity contribution in [2.24, 2.45) is 0 Å². The fraction of sp³-hybridized carbons (Fsp3) is 0.333. The average Bonchev–Trinajstić information content (AvgIpc) is 2.29. The first kappa shape index (κ1) is 12.8. The van der Waals surface area contributed by atoms with Crippen LogP contribution in [-0.4, -0.2) is 26.0 Å². The molecule has 0 aromatic heterocycles. The highest BCUT2D eigenvalue weighted by atomic mass is 16.1. The summed E-state index contributed by atoms with van der Waals surface area (Å²) in [4.78, 5) is 13.2. The Labute approximate surface area is 101 Å². The molecule has 0 aliphatic rings. The molecule has 3 N–H and O–H groups in total. The molecular formula is C12H16N4O. The Morgan fingerprint density at radius 1 is 1.59 bits per heavy atom. The first-order chi connectivity index (χ1) is 8.08. The summed E-state index contributed by atoms with van der Waals surface area (Å²) in [6.07, 6.45) is 0. The Hall–Kier alpha value is -2.22. The number of hydrogen-bond donors (Lipinski definition) is 2. The number of nitrogens with one attached hydrogen (secondary N) is 1. The second-order valence-corrected chi connectivity index (χ2v) is 3.69. The highest BCUT2D eigenvalue weighted by Gasteiger charge is 2.08. The molecule has 0 unspecified atom stereocenters. The van der Waals surface area contributed by atoms with Crippen molar-refractivity contribution < 1.29 is 4.79 Å². The molecule has 5 nitrogen and oxygen atoms in total. The van der Waals surface area contributed by atoms with Crippen LogP contribution >= 0.6 is 0 Å². The third kappa shape index (κ3) is 3.38. The number of carbonyl (C=O) groups excluding carboxylic acids is 1. The van der Waals surface area contributed by atoms with E-state index in [1.165, 1.54) is 0 Å². The molecule has 0 saturated carbocycles. The van der Waals surface area contributed by atoms with Crippen molar-refractivity contribution in [1.29, 1.82) is 5.26 Å². The lowest BCUT2D eigenvalue weighted by Gasteiger charge is -2.19. The number of nitrogen functional groups attached to an aromatic ring is 1. The summed E-state index contributed by atoms with van der Waals surface area (Å²) in [6.45, 7) is 2.73. The smallest absolute Gasteiger partial charge is 0.239 e. The van der Waals surface area contributed by atoms with Gasteiger partial charge in [-0.1, -0.05) is 0 Å². The lowest BCUT2D eigenvalue weighted by molar-refractivity contribution is -0.119. The number of rotatable bonds is 4. The molecule has 0 radical (unpaired) electrons. The van der Waals surface area contributed by atoms with Crippen molar-refractivity contribution in [3.05, 3.63) is 23.8 Å². The Morgan fingerprint density at radius 3 is 2.88 bits per heavy atom. The van der Waals surface area contributed by atoms with Gasteiger partial charge in [0, 0.05) is 25.0 Å². The minimum absolute atomic E-state index is 0.0506. The van der Waals surface area contributed by atoms with Gasteiger partial charge in [0.25, 0.3) is 0 Å². The van der Waals surface area contributed by atoms with Gasteiger partial charge >= 0.3 is 0 Å². The molecule has 1 aromatic carbocycles. The first-order valence-corrected chi connectivity index (χ1v) is 5.36. The normalized spacial score (nSPS) is 9.47. The van der Waals surface area contributed by atoms with Crippen molar-refractivity contribution in [2.75, 3.05) is 30.8 Å². The van der Waals surface area contributed by atoms with Gasteiger partial charge in [0.2, 0.25) is 5.91 Å². The molecule has 0 saturated heterocycles. The molecule has 0 aliphatic carbocycles. The van der Waals surface area contributed by atoms with Crippen molar-refractivity contribution in [3.63, 3.8) is 0 Å². The Balaban J connectivity index is 2.79. The van der Waals surface area contributed by atoms with Gasteiger partial charge in [-0.25, -0.2) is 0 Å². The van der Waals surface area contributed by atoms with E-state index in [1.807, 2.05) is 13.0 Å². The maximum absolute atomic E-state index is 11.4. The molecule has 0 fully saturated rings. The zero-order valence-corrected chi connectivity index (χ0v) is 10.0. The third-order valence-electron chi connectivity index (χ3n) is 2.35. The van der Waals surface area contributed by atoms with E-state index in [0.29, 0.717) is 17.8 Å². The molecule has 17 heavy (non-hydrogen) atoms. The third-order valence-corrected chi connectivity index (χ3v) is 2.35. The molecular weight excluding hydrogens is 216 g/mol. The van der Waals surface area contributed by atoms with Crippen LogP contribution in [0.2, 0.25) is 0 Å². The van der Waals surface area contributed by atoms with Crippen molar-refractivity contribution in [2.45, 2.75) is 6.92 Å². The average molecular weight is 232 g/mol. The van der Waals surface area contributed by atoms with Crippen LogP contribution in [0.25, 0.3) is 0 Å². The van der Waals surface area contributed by atoms with Gasteiger partial charge in [-0.3, -0.25) is 4.79 Å². The van der Waals surface area contributed by atoms with E-state index in [2.05, 4.69) is 5.32 Å². The van der Waals surface area contributed by atoms with Crippen molar-refractivity contribution in [1.82, 2.24) is 5.32 Å². The van der Waals surface area contributed by atoms with Gasteiger partial charge in [0.1, 0.15) is 6.07 Å². The monoisotopic (exact) mass is 232 g/mol. The number of nitrogens with zero attached hydrogens (tertiary/aromatic N) is 2. The van der Waals surface area contributed by atoms with E-state index in [9.17, 15) is 4.79 Å². The van der Waals surface area contributed by atoms with E-state index >= 15 is 0 Å². The Morgan fingerprint density at radius 2 is 2.29 bits per heavy atom. The number of likely N-dealkylation sites (N-methyl/N-ethyl adjacent to an activating group) is 2. The highest BCUT2D eigenvalue weighted by Crippen LogP contribution is 2.19. The zero-order chi connectivity index (χ0) is 12.8. The Bertz CT molecular complexity index is 450. The van der Waals surface area contributed by atoms with Gasteiger partial charge in [0.05, 0.1) is 12.1 Å². The standard InChI is InChI=1S/C12H16N4O/c1-3-15-12(17)8-16(2)10-4-5-11(14)9(6-10)7-13/h4-6H,3,8,14H2,1-2H3,(H,15,17). The molecule has 0 aliphatic heterocycles. The predicted octanol–water partition coefficient (Wildman–Crippen LogP) is 0.713. The lowest BCUT2D eigenvalue weighted by Crippen LogP contribution is -2.34. The Kier molecular flexibility index (Phi) is 4.35. The van der Waals surface area contributed by atoms with Gasteiger partial charge in [0.15, 0.2) is 0 Å². The second-order valence-electron chi connectivity index (χ2n) is 3.69. The number of nitriles is 1. The van der Waals surface area contributed by atoms with E-state index < -0.39 is 0 Å². The number of carbonyl (C=O) groups is 1. The van der Waals surface area contributed by atoms with E-state index in [1.54, 1.807) is 30.1 Å². The first-order valence-electron chi connectivity index (χ1n) is 5.36. The van der Waals surface area contributed by atoms with Crippen LogP contribution in [0, 0.1) is 11.3 Å². The summed E-state index contributed by atoms with van der Waals surface area (Å²) in [7, 11) is 1.79. The fourth-order valence-electron chi connectivity index (χ4n) is 1.44. The molecule has 0 heterocycles.